The minimum atomic E-state index is 1.17. The van der Waals surface area contributed by atoms with Gasteiger partial charge in [-0.2, -0.15) is 0 Å². The van der Waals surface area contributed by atoms with Crippen molar-refractivity contribution in [3.8, 4) is 0 Å². The van der Waals surface area contributed by atoms with Crippen molar-refractivity contribution in [3.05, 3.63) is 12.2 Å². The summed E-state index contributed by atoms with van der Waals surface area (Å²) in [5.74, 6) is 0. The second-order valence-electron chi connectivity index (χ2n) is 3.24. The van der Waals surface area contributed by atoms with Gasteiger partial charge in [0.25, 0.3) is 0 Å². The fraction of sp³-hybridized carbons (Fsp3) is 0.800. The summed E-state index contributed by atoms with van der Waals surface area (Å²) < 4.78 is 0. The van der Waals surface area contributed by atoms with Gasteiger partial charge < -0.3 is 0 Å². The monoisotopic (exact) mass is 153 g/mol. The number of hydrogen-bond donors (Lipinski definition) is 0. The predicted molar refractivity (Wildman–Crippen MR) is 49.7 cm³/mol. The first kappa shape index (κ1) is 8.79. The zero-order chi connectivity index (χ0) is 7.94. The summed E-state index contributed by atoms with van der Waals surface area (Å²) in [5.41, 5.74) is 0. The van der Waals surface area contributed by atoms with E-state index in [1.807, 2.05) is 0 Å². The fourth-order valence-corrected chi connectivity index (χ4v) is 1.53. The van der Waals surface area contributed by atoms with E-state index in [1.54, 1.807) is 0 Å². The van der Waals surface area contributed by atoms with E-state index in [0.29, 0.717) is 0 Å². The second-order valence-corrected chi connectivity index (χ2v) is 3.24. The second kappa shape index (κ2) is 5.36. The molecular weight excluding hydrogens is 134 g/mol. The Morgan fingerprint density at radius 1 is 1.09 bits per heavy atom. The van der Waals surface area contributed by atoms with Crippen molar-refractivity contribution < 1.29 is 0 Å². The first-order valence-corrected chi connectivity index (χ1v) is 4.81. The van der Waals surface area contributed by atoms with E-state index in [2.05, 4.69) is 24.0 Å². The van der Waals surface area contributed by atoms with Gasteiger partial charge in [-0.25, -0.2) is 0 Å². The van der Waals surface area contributed by atoms with Gasteiger partial charge in [-0.05, 0) is 32.4 Å². The Labute approximate surface area is 70.1 Å². The van der Waals surface area contributed by atoms with Crippen molar-refractivity contribution in [2.45, 2.75) is 32.6 Å². The number of likely N-dealkylation sites (tertiary alicyclic amines) is 1. The first-order chi connectivity index (χ1) is 5.43. The van der Waals surface area contributed by atoms with Crippen LogP contribution < -0.4 is 0 Å². The van der Waals surface area contributed by atoms with Gasteiger partial charge in [0, 0.05) is 6.54 Å². The Morgan fingerprint density at radius 3 is 2.45 bits per heavy atom. The highest BCUT2D eigenvalue weighted by molar-refractivity contribution is 4.84. The van der Waals surface area contributed by atoms with E-state index in [4.69, 9.17) is 0 Å². The van der Waals surface area contributed by atoms with Gasteiger partial charge in [0.1, 0.15) is 0 Å². The normalized spacial score (nSPS) is 21.2. The summed E-state index contributed by atoms with van der Waals surface area (Å²) in [6, 6.07) is 0. The average molecular weight is 153 g/mol. The third-order valence-corrected chi connectivity index (χ3v) is 2.21. The molecule has 1 fully saturated rings. The highest BCUT2D eigenvalue weighted by Gasteiger charge is 2.06. The summed E-state index contributed by atoms with van der Waals surface area (Å²) in [5, 5.41) is 0. The number of allylic oxidation sites excluding steroid dienone is 1. The van der Waals surface area contributed by atoms with Gasteiger partial charge >= 0.3 is 0 Å². The fourth-order valence-electron chi connectivity index (χ4n) is 1.53. The van der Waals surface area contributed by atoms with E-state index < -0.39 is 0 Å². The lowest BCUT2D eigenvalue weighted by atomic mass is 10.1. The van der Waals surface area contributed by atoms with Crippen molar-refractivity contribution in [2.75, 3.05) is 19.6 Å². The zero-order valence-electron chi connectivity index (χ0n) is 7.55. The van der Waals surface area contributed by atoms with Crippen LogP contribution in [0.5, 0.6) is 0 Å². The van der Waals surface area contributed by atoms with Crippen LogP contribution in [0.15, 0.2) is 12.2 Å². The molecule has 1 aliphatic rings. The third-order valence-electron chi connectivity index (χ3n) is 2.21. The topological polar surface area (TPSA) is 3.24 Å². The lowest BCUT2D eigenvalue weighted by molar-refractivity contribution is 0.251. The minimum Gasteiger partial charge on any atom is -0.300 e. The molecular formula is C10H19N. The van der Waals surface area contributed by atoms with Crippen LogP contribution in [0.25, 0.3) is 0 Å². The maximum atomic E-state index is 2.54. The summed E-state index contributed by atoms with van der Waals surface area (Å²) in [4.78, 5) is 2.54. The molecule has 1 rings (SSSR count). The molecule has 0 unspecified atom stereocenters. The van der Waals surface area contributed by atoms with Crippen LogP contribution in [0, 0.1) is 0 Å². The van der Waals surface area contributed by atoms with E-state index >= 15 is 0 Å². The largest absolute Gasteiger partial charge is 0.300 e. The predicted octanol–water partition coefficient (Wildman–Crippen LogP) is 2.44. The molecule has 0 bridgehead atoms. The summed E-state index contributed by atoms with van der Waals surface area (Å²) in [6.45, 7) is 5.99. The molecule has 0 aromatic rings. The molecule has 0 atom stereocenters. The van der Waals surface area contributed by atoms with Gasteiger partial charge in [-0.3, -0.25) is 4.90 Å². The minimum absolute atomic E-state index is 1.17. The number of nitrogens with zero attached hydrogens (tertiary/aromatic N) is 1. The molecule has 0 amide bonds. The van der Waals surface area contributed by atoms with Gasteiger partial charge in [-0.15, -0.1) is 0 Å². The van der Waals surface area contributed by atoms with Crippen LogP contribution in [0.1, 0.15) is 32.6 Å². The summed E-state index contributed by atoms with van der Waals surface area (Å²) in [6.07, 6.45) is 9.97. The molecule has 0 aliphatic carbocycles. The van der Waals surface area contributed by atoms with Crippen LogP contribution in [-0.2, 0) is 0 Å². The standard InChI is InChI=1S/C10H19N/c1-2-3-5-8-11-9-6-4-7-10-11/h3,5H,2,4,6-10H2,1H3/b5-3+. The van der Waals surface area contributed by atoms with Crippen molar-refractivity contribution in [1.29, 1.82) is 0 Å². The molecule has 0 spiro atoms. The summed E-state index contributed by atoms with van der Waals surface area (Å²) in [7, 11) is 0. The highest BCUT2D eigenvalue weighted by Crippen LogP contribution is 2.07. The first-order valence-electron chi connectivity index (χ1n) is 4.81. The molecule has 0 aromatic heterocycles. The molecule has 1 saturated heterocycles. The summed E-state index contributed by atoms with van der Waals surface area (Å²) >= 11 is 0. The maximum Gasteiger partial charge on any atom is 0.0163 e. The Balaban J connectivity index is 2.09. The molecule has 64 valence electrons. The van der Waals surface area contributed by atoms with Crippen molar-refractivity contribution in [2.24, 2.45) is 0 Å². The molecule has 0 radical (unpaired) electrons. The Hall–Kier alpha value is -0.300. The molecule has 11 heavy (non-hydrogen) atoms. The van der Waals surface area contributed by atoms with Crippen molar-refractivity contribution >= 4 is 0 Å². The molecule has 1 heterocycles. The molecule has 0 N–H and O–H groups in total. The zero-order valence-corrected chi connectivity index (χ0v) is 7.55. The van der Waals surface area contributed by atoms with Gasteiger partial charge in [0.15, 0.2) is 0 Å². The van der Waals surface area contributed by atoms with Crippen LogP contribution in [0.2, 0.25) is 0 Å². The lowest BCUT2D eigenvalue weighted by Crippen LogP contribution is -2.29. The highest BCUT2D eigenvalue weighted by atomic mass is 15.1. The molecule has 1 aliphatic heterocycles. The molecule has 1 heteroatoms. The van der Waals surface area contributed by atoms with E-state index in [1.165, 1.54) is 45.3 Å². The maximum absolute atomic E-state index is 2.54. The third kappa shape index (κ3) is 3.57. The van der Waals surface area contributed by atoms with Crippen LogP contribution in [0.4, 0.5) is 0 Å². The van der Waals surface area contributed by atoms with Gasteiger partial charge in [-0.1, -0.05) is 25.5 Å². The average Bonchev–Trinajstić information content (AvgIpc) is 2.07. The number of rotatable bonds is 3. The van der Waals surface area contributed by atoms with Gasteiger partial charge in [0.05, 0.1) is 0 Å². The molecule has 1 nitrogen and oxygen atoms in total. The van der Waals surface area contributed by atoms with E-state index in [9.17, 15) is 0 Å². The van der Waals surface area contributed by atoms with Crippen LogP contribution in [-0.4, -0.2) is 24.5 Å². The number of hydrogen-bond acceptors (Lipinski definition) is 1. The van der Waals surface area contributed by atoms with Crippen LogP contribution >= 0.6 is 0 Å². The molecule has 0 saturated carbocycles. The van der Waals surface area contributed by atoms with E-state index in [-0.39, 0.29) is 0 Å². The smallest absolute Gasteiger partial charge is 0.0163 e. The van der Waals surface area contributed by atoms with Crippen molar-refractivity contribution in [1.82, 2.24) is 4.90 Å². The van der Waals surface area contributed by atoms with Gasteiger partial charge in [0.2, 0.25) is 0 Å². The lowest BCUT2D eigenvalue weighted by Gasteiger charge is -2.24. The quantitative estimate of drug-likeness (QED) is 0.563. The Bertz CT molecular complexity index is 112. The van der Waals surface area contributed by atoms with E-state index in [0.717, 1.165) is 0 Å². The van der Waals surface area contributed by atoms with Crippen LogP contribution in [0.3, 0.4) is 0 Å². The van der Waals surface area contributed by atoms with Crippen molar-refractivity contribution in [3.63, 3.8) is 0 Å². The Kier molecular flexibility index (Phi) is 4.29. The Morgan fingerprint density at radius 2 is 1.82 bits per heavy atom. The SMILES string of the molecule is CC/C=C/CN1CCCCC1. The number of piperidine rings is 1. The molecule has 0 aromatic carbocycles.